The molecule has 0 spiro atoms. The number of fused-ring (bicyclic) bond motifs is 1. The Morgan fingerprint density at radius 3 is 2.93 bits per heavy atom. The van der Waals surface area contributed by atoms with Crippen molar-refractivity contribution in [2.24, 2.45) is 0 Å². The summed E-state index contributed by atoms with van der Waals surface area (Å²) in [5.41, 5.74) is 0.413. The van der Waals surface area contributed by atoms with Gasteiger partial charge in [0, 0.05) is 19.2 Å². The maximum atomic E-state index is 12.3. The lowest BCUT2D eigenvalue weighted by molar-refractivity contribution is -0.274. The van der Waals surface area contributed by atoms with Gasteiger partial charge in [0.05, 0.1) is 23.4 Å². The molecule has 0 saturated carbocycles. The molecule has 0 unspecified atom stereocenters. The molecule has 8 nitrogen and oxygen atoms in total. The SMILES string of the molecule is O=C(CNC(=O)[C@@H]1CNCCO1)Nc1nc2ccc(OC(F)(F)F)cc2s1. The first-order valence-corrected chi connectivity index (χ1v) is 8.68. The number of morpholine rings is 1. The van der Waals surface area contributed by atoms with Crippen LogP contribution in [-0.2, 0) is 14.3 Å². The summed E-state index contributed by atoms with van der Waals surface area (Å²) in [4.78, 5) is 27.9. The lowest BCUT2D eigenvalue weighted by Crippen LogP contribution is -2.49. The Hall–Kier alpha value is -2.44. The van der Waals surface area contributed by atoms with E-state index in [0.29, 0.717) is 29.9 Å². The summed E-state index contributed by atoms with van der Waals surface area (Å²) in [5.74, 6) is -1.29. The highest BCUT2D eigenvalue weighted by molar-refractivity contribution is 7.22. The van der Waals surface area contributed by atoms with Crippen molar-refractivity contribution < 1.29 is 32.2 Å². The molecule has 0 radical (unpaired) electrons. The van der Waals surface area contributed by atoms with Gasteiger partial charge in [-0.25, -0.2) is 4.98 Å². The smallest absolute Gasteiger partial charge is 0.406 e. The van der Waals surface area contributed by atoms with E-state index < -0.39 is 24.3 Å². The van der Waals surface area contributed by atoms with Crippen LogP contribution in [0.2, 0.25) is 0 Å². The summed E-state index contributed by atoms with van der Waals surface area (Å²) in [6.07, 6.45) is -5.44. The van der Waals surface area contributed by atoms with Gasteiger partial charge in [-0.05, 0) is 12.1 Å². The summed E-state index contributed by atoms with van der Waals surface area (Å²) < 4.78 is 46.3. The van der Waals surface area contributed by atoms with Crippen molar-refractivity contribution in [3.8, 4) is 5.75 Å². The third-order valence-corrected chi connectivity index (χ3v) is 4.42. The number of carbonyl (C=O) groups is 2. The largest absolute Gasteiger partial charge is 0.573 e. The van der Waals surface area contributed by atoms with E-state index in [0.717, 1.165) is 17.4 Å². The van der Waals surface area contributed by atoms with Crippen molar-refractivity contribution in [3.05, 3.63) is 18.2 Å². The Morgan fingerprint density at radius 2 is 2.22 bits per heavy atom. The van der Waals surface area contributed by atoms with Gasteiger partial charge in [0.25, 0.3) is 5.91 Å². The molecule has 1 fully saturated rings. The van der Waals surface area contributed by atoms with E-state index in [1.54, 1.807) is 0 Å². The maximum absolute atomic E-state index is 12.3. The lowest BCUT2D eigenvalue weighted by atomic mass is 10.3. The van der Waals surface area contributed by atoms with Gasteiger partial charge in [-0.15, -0.1) is 13.2 Å². The van der Waals surface area contributed by atoms with E-state index in [9.17, 15) is 22.8 Å². The number of thiazole rings is 1. The average molecular weight is 404 g/mol. The third kappa shape index (κ3) is 5.52. The molecule has 3 N–H and O–H groups in total. The maximum Gasteiger partial charge on any atom is 0.573 e. The number of alkyl halides is 3. The number of halogens is 3. The molecule has 1 aromatic heterocycles. The number of nitrogens with one attached hydrogen (secondary N) is 3. The molecule has 1 aliphatic heterocycles. The van der Waals surface area contributed by atoms with Crippen LogP contribution in [0.1, 0.15) is 0 Å². The van der Waals surface area contributed by atoms with E-state index in [2.05, 4.69) is 25.7 Å². The molecule has 27 heavy (non-hydrogen) atoms. The fourth-order valence-electron chi connectivity index (χ4n) is 2.33. The van der Waals surface area contributed by atoms with Crippen LogP contribution in [0.5, 0.6) is 5.75 Å². The second-order valence-electron chi connectivity index (χ2n) is 5.53. The molecule has 146 valence electrons. The fraction of sp³-hybridized carbons (Fsp3) is 0.400. The van der Waals surface area contributed by atoms with Crippen molar-refractivity contribution in [2.45, 2.75) is 12.5 Å². The Labute approximate surface area is 155 Å². The van der Waals surface area contributed by atoms with Gasteiger partial charge in [-0.1, -0.05) is 11.3 Å². The molecular formula is C15H15F3N4O4S. The summed E-state index contributed by atoms with van der Waals surface area (Å²) in [7, 11) is 0. The van der Waals surface area contributed by atoms with E-state index in [4.69, 9.17) is 4.74 Å². The summed E-state index contributed by atoms with van der Waals surface area (Å²) >= 11 is 0.990. The van der Waals surface area contributed by atoms with Gasteiger partial charge in [-0.2, -0.15) is 0 Å². The first-order chi connectivity index (χ1) is 12.8. The standard InChI is InChI=1S/C15H15F3N4O4S/c16-15(17,18)26-8-1-2-9-11(5-8)27-14(21-9)22-12(23)7-20-13(24)10-6-19-3-4-25-10/h1-2,5,10,19H,3-4,6-7H2,(H,20,24)(H,21,22,23)/t10-/m0/s1. The predicted molar refractivity (Wildman–Crippen MR) is 90.6 cm³/mol. The van der Waals surface area contributed by atoms with Crippen LogP contribution in [-0.4, -0.2) is 55.5 Å². The van der Waals surface area contributed by atoms with E-state index in [1.165, 1.54) is 12.1 Å². The Balaban J connectivity index is 1.55. The highest BCUT2D eigenvalue weighted by Crippen LogP contribution is 2.31. The predicted octanol–water partition coefficient (Wildman–Crippen LogP) is 1.24. The molecule has 1 aromatic carbocycles. The van der Waals surface area contributed by atoms with Gasteiger partial charge in [0.2, 0.25) is 5.91 Å². The van der Waals surface area contributed by atoms with Crippen LogP contribution < -0.4 is 20.7 Å². The highest BCUT2D eigenvalue weighted by Gasteiger charge is 2.31. The number of benzene rings is 1. The first kappa shape index (κ1) is 19.3. The summed E-state index contributed by atoms with van der Waals surface area (Å²) in [6.45, 7) is 1.17. The van der Waals surface area contributed by atoms with Gasteiger partial charge in [0.1, 0.15) is 11.9 Å². The topological polar surface area (TPSA) is 102 Å². The van der Waals surface area contributed by atoms with Crippen molar-refractivity contribution in [1.82, 2.24) is 15.6 Å². The van der Waals surface area contributed by atoms with Crippen LogP contribution >= 0.6 is 11.3 Å². The molecule has 0 bridgehead atoms. The lowest BCUT2D eigenvalue weighted by Gasteiger charge is -2.22. The second-order valence-corrected chi connectivity index (χ2v) is 6.56. The first-order valence-electron chi connectivity index (χ1n) is 7.86. The highest BCUT2D eigenvalue weighted by atomic mass is 32.1. The van der Waals surface area contributed by atoms with Gasteiger partial charge >= 0.3 is 6.36 Å². The monoisotopic (exact) mass is 404 g/mol. The zero-order valence-corrected chi connectivity index (χ0v) is 14.6. The number of anilines is 1. The number of nitrogens with zero attached hydrogens (tertiary/aromatic N) is 1. The van der Waals surface area contributed by atoms with Gasteiger partial charge in [0.15, 0.2) is 5.13 Å². The average Bonchev–Trinajstić information content (AvgIpc) is 3.00. The van der Waals surface area contributed by atoms with E-state index in [1.807, 2.05) is 0 Å². The second kappa shape index (κ2) is 8.06. The normalized spacial score (nSPS) is 17.5. The molecule has 3 rings (SSSR count). The molecule has 12 heteroatoms. The molecule has 2 aromatic rings. The van der Waals surface area contributed by atoms with Crippen molar-refractivity contribution in [1.29, 1.82) is 0 Å². The van der Waals surface area contributed by atoms with Gasteiger partial charge in [-0.3, -0.25) is 9.59 Å². The third-order valence-electron chi connectivity index (χ3n) is 3.48. The molecule has 1 atom stereocenters. The summed E-state index contributed by atoms with van der Waals surface area (Å²) in [6, 6.07) is 3.68. The molecule has 2 amide bonds. The zero-order chi connectivity index (χ0) is 19.4. The van der Waals surface area contributed by atoms with Crippen LogP contribution in [0.15, 0.2) is 18.2 Å². The number of hydrogen-bond donors (Lipinski definition) is 3. The Bertz CT molecular complexity index is 836. The van der Waals surface area contributed by atoms with Crippen molar-refractivity contribution >= 4 is 38.5 Å². The van der Waals surface area contributed by atoms with Crippen LogP contribution in [0, 0.1) is 0 Å². The number of ether oxygens (including phenoxy) is 2. The van der Waals surface area contributed by atoms with Crippen LogP contribution in [0.3, 0.4) is 0 Å². The number of amides is 2. The molecular weight excluding hydrogens is 389 g/mol. The van der Waals surface area contributed by atoms with E-state index >= 15 is 0 Å². The van der Waals surface area contributed by atoms with Crippen LogP contribution in [0.25, 0.3) is 10.2 Å². The van der Waals surface area contributed by atoms with Crippen molar-refractivity contribution in [2.75, 3.05) is 31.6 Å². The molecule has 2 heterocycles. The molecule has 1 aliphatic rings. The van der Waals surface area contributed by atoms with Crippen molar-refractivity contribution in [3.63, 3.8) is 0 Å². The van der Waals surface area contributed by atoms with E-state index in [-0.39, 0.29) is 17.4 Å². The quantitative estimate of drug-likeness (QED) is 0.693. The molecule has 0 aliphatic carbocycles. The zero-order valence-electron chi connectivity index (χ0n) is 13.8. The number of hydrogen-bond acceptors (Lipinski definition) is 7. The number of carbonyl (C=O) groups excluding carboxylic acids is 2. The fourth-order valence-corrected chi connectivity index (χ4v) is 3.24. The minimum atomic E-state index is -4.79. The Kier molecular flexibility index (Phi) is 5.77. The van der Waals surface area contributed by atoms with Crippen LogP contribution in [0.4, 0.5) is 18.3 Å². The minimum Gasteiger partial charge on any atom is -0.406 e. The number of aromatic nitrogens is 1. The minimum absolute atomic E-state index is 0.198. The summed E-state index contributed by atoms with van der Waals surface area (Å²) in [5, 5.41) is 8.15. The Morgan fingerprint density at radius 1 is 1.41 bits per heavy atom. The molecule has 1 saturated heterocycles. The van der Waals surface area contributed by atoms with Gasteiger partial charge < -0.3 is 25.4 Å². The number of rotatable bonds is 5.